The second-order valence-electron chi connectivity index (χ2n) is 4.06. The van der Waals surface area contributed by atoms with E-state index >= 15 is 0 Å². The first-order valence-electron chi connectivity index (χ1n) is 5.85. The van der Waals surface area contributed by atoms with Gasteiger partial charge < -0.3 is 5.73 Å². The second kappa shape index (κ2) is 6.32. The minimum Gasteiger partial charge on any atom is -0.326 e. The summed E-state index contributed by atoms with van der Waals surface area (Å²) in [6.45, 7) is 2.71. The van der Waals surface area contributed by atoms with Gasteiger partial charge in [-0.15, -0.1) is 11.8 Å². The van der Waals surface area contributed by atoms with E-state index in [2.05, 4.69) is 55.6 Å². The first-order valence-corrected chi connectivity index (χ1v) is 7.89. The monoisotopic (exact) mass is 275 g/mol. The quantitative estimate of drug-likeness (QED) is 0.841. The summed E-state index contributed by atoms with van der Waals surface area (Å²) in [5.41, 5.74) is 8.42. The molecule has 2 aromatic carbocycles. The first-order chi connectivity index (χ1) is 8.74. The van der Waals surface area contributed by atoms with Crippen molar-refractivity contribution in [2.75, 3.05) is 6.26 Å². The zero-order valence-corrected chi connectivity index (χ0v) is 12.3. The Labute approximate surface area is 117 Å². The molecule has 1 nitrogen and oxygen atoms in total. The summed E-state index contributed by atoms with van der Waals surface area (Å²) < 4.78 is 0. The van der Waals surface area contributed by atoms with E-state index in [0.717, 1.165) is 0 Å². The third-order valence-corrected chi connectivity index (χ3v) is 4.65. The van der Waals surface area contributed by atoms with Gasteiger partial charge in [0.1, 0.15) is 0 Å². The van der Waals surface area contributed by atoms with Gasteiger partial charge >= 0.3 is 0 Å². The zero-order chi connectivity index (χ0) is 13.0. The fourth-order valence-corrected chi connectivity index (χ4v) is 3.67. The van der Waals surface area contributed by atoms with Crippen LogP contribution < -0.4 is 5.73 Å². The molecule has 0 aliphatic rings. The number of benzene rings is 2. The van der Waals surface area contributed by atoms with Gasteiger partial charge in [0.2, 0.25) is 0 Å². The molecule has 94 valence electrons. The molecule has 0 heterocycles. The van der Waals surface area contributed by atoms with Crippen molar-refractivity contribution in [2.24, 2.45) is 5.73 Å². The van der Waals surface area contributed by atoms with Crippen molar-refractivity contribution >= 4 is 23.5 Å². The minimum absolute atomic E-state index is 0.588. The molecule has 0 aromatic heterocycles. The first kappa shape index (κ1) is 13.5. The molecule has 2 rings (SSSR count). The Morgan fingerprint density at radius 2 is 1.78 bits per heavy atom. The van der Waals surface area contributed by atoms with Gasteiger partial charge in [0.05, 0.1) is 0 Å². The average Bonchev–Trinajstić information content (AvgIpc) is 2.38. The van der Waals surface area contributed by atoms with Gasteiger partial charge in [-0.1, -0.05) is 35.5 Å². The van der Waals surface area contributed by atoms with E-state index in [1.807, 2.05) is 0 Å². The lowest BCUT2D eigenvalue weighted by Crippen LogP contribution is -2.00. The summed E-state index contributed by atoms with van der Waals surface area (Å²) in [5.74, 6) is 0. The highest BCUT2D eigenvalue weighted by molar-refractivity contribution is 8.00. The van der Waals surface area contributed by atoms with Crippen molar-refractivity contribution < 1.29 is 0 Å². The van der Waals surface area contributed by atoms with Gasteiger partial charge in [-0.3, -0.25) is 0 Å². The van der Waals surface area contributed by atoms with Gasteiger partial charge in [0.15, 0.2) is 0 Å². The number of aryl methyl sites for hydroxylation is 1. The fourth-order valence-electron chi connectivity index (χ4n) is 1.84. The third kappa shape index (κ3) is 3.10. The van der Waals surface area contributed by atoms with E-state index in [4.69, 9.17) is 5.73 Å². The lowest BCUT2D eigenvalue weighted by atomic mass is 10.2. The Hall–Kier alpha value is -0.900. The van der Waals surface area contributed by atoms with Gasteiger partial charge in [0.25, 0.3) is 0 Å². The Kier molecular flexibility index (Phi) is 4.75. The Morgan fingerprint density at radius 3 is 2.44 bits per heavy atom. The Morgan fingerprint density at radius 1 is 1.06 bits per heavy atom. The van der Waals surface area contributed by atoms with Crippen LogP contribution in [-0.2, 0) is 6.54 Å². The molecule has 0 saturated carbocycles. The molecule has 0 unspecified atom stereocenters. The Balaban J connectivity index is 2.34. The molecular weight excluding hydrogens is 258 g/mol. The molecule has 0 atom stereocenters. The standard InChI is InChI=1S/C15H17NS2/c1-11-5-3-6-12(9-11)18-15-8-4-7-14(17-2)13(15)10-16/h3-9H,10,16H2,1-2H3. The average molecular weight is 275 g/mol. The fraction of sp³-hybridized carbons (Fsp3) is 0.200. The molecule has 0 fully saturated rings. The summed E-state index contributed by atoms with van der Waals surface area (Å²) in [6, 6.07) is 14.9. The highest BCUT2D eigenvalue weighted by Gasteiger charge is 2.07. The van der Waals surface area contributed by atoms with E-state index in [1.165, 1.54) is 25.8 Å². The van der Waals surface area contributed by atoms with Gasteiger partial charge in [-0.25, -0.2) is 0 Å². The predicted octanol–water partition coefficient (Wildman–Crippen LogP) is 4.33. The summed E-state index contributed by atoms with van der Waals surface area (Å²) in [4.78, 5) is 3.80. The number of hydrogen-bond acceptors (Lipinski definition) is 3. The normalized spacial score (nSPS) is 10.6. The molecule has 0 aliphatic carbocycles. The summed E-state index contributed by atoms with van der Waals surface area (Å²) in [5, 5.41) is 0. The number of nitrogens with two attached hydrogens (primary N) is 1. The van der Waals surface area contributed by atoms with Crippen LogP contribution in [-0.4, -0.2) is 6.26 Å². The highest BCUT2D eigenvalue weighted by atomic mass is 32.2. The minimum atomic E-state index is 0.588. The molecule has 0 saturated heterocycles. The van der Waals surface area contributed by atoms with Crippen LogP contribution in [0.5, 0.6) is 0 Å². The van der Waals surface area contributed by atoms with Crippen LogP contribution in [0.1, 0.15) is 11.1 Å². The van der Waals surface area contributed by atoms with Crippen molar-refractivity contribution in [3.05, 3.63) is 53.6 Å². The van der Waals surface area contributed by atoms with Crippen LogP contribution in [0.15, 0.2) is 57.2 Å². The van der Waals surface area contributed by atoms with Gasteiger partial charge in [0, 0.05) is 21.2 Å². The SMILES string of the molecule is CSc1cccc(Sc2cccc(C)c2)c1CN. The highest BCUT2D eigenvalue weighted by Crippen LogP contribution is 2.34. The van der Waals surface area contributed by atoms with E-state index in [-0.39, 0.29) is 0 Å². The van der Waals surface area contributed by atoms with Crippen LogP contribution in [0.2, 0.25) is 0 Å². The number of hydrogen-bond donors (Lipinski definition) is 1. The molecule has 0 amide bonds. The van der Waals surface area contributed by atoms with E-state index in [1.54, 1.807) is 23.5 Å². The zero-order valence-electron chi connectivity index (χ0n) is 10.6. The molecule has 2 N–H and O–H groups in total. The van der Waals surface area contributed by atoms with Crippen molar-refractivity contribution in [2.45, 2.75) is 28.2 Å². The summed E-state index contributed by atoms with van der Waals surface area (Å²) in [6.07, 6.45) is 2.09. The Bertz CT molecular complexity index is 538. The molecule has 0 radical (unpaired) electrons. The predicted molar refractivity (Wildman–Crippen MR) is 81.4 cm³/mol. The van der Waals surface area contributed by atoms with Gasteiger partial charge in [-0.2, -0.15) is 0 Å². The maximum Gasteiger partial charge on any atom is 0.0200 e. The van der Waals surface area contributed by atoms with Crippen LogP contribution in [0.25, 0.3) is 0 Å². The summed E-state index contributed by atoms with van der Waals surface area (Å²) >= 11 is 3.54. The van der Waals surface area contributed by atoms with Crippen LogP contribution in [0.4, 0.5) is 0 Å². The van der Waals surface area contributed by atoms with Crippen molar-refractivity contribution in [1.82, 2.24) is 0 Å². The lowest BCUT2D eigenvalue weighted by molar-refractivity contribution is 0.981. The summed E-state index contributed by atoms with van der Waals surface area (Å²) in [7, 11) is 0. The second-order valence-corrected chi connectivity index (χ2v) is 6.02. The van der Waals surface area contributed by atoms with Crippen molar-refractivity contribution in [3.8, 4) is 0 Å². The van der Waals surface area contributed by atoms with Crippen LogP contribution >= 0.6 is 23.5 Å². The number of rotatable bonds is 4. The van der Waals surface area contributed by atoms with Crippen LogP contribution in [0.3, 0.4) is 0 Å². The lowest BCUT2D eigenvalue weighted by Gasteiger charge is -2.11. The third-order valence-electron chi connectivity index (χ3n) is 2.73. The largest absolute Gasteiger partial charge is 0.326 e. The molecular formula is C15H17NS2. The molecule has 0 spiro atoms. The maximum atomic E-state index is 5.88. The topological polar surface area (TPSA) is 26.0 Å². The van der Waals surface area contributed by atoms with Crippen LogP contribution in [0, 0.1) is 6.92 Å². The smallest absolute Gasteiger partial charge is 0.0200 e. The van der Waals surface area contributed by atoms with E-state index < -0.39 is 0 Å². The van der Waals surface area contributed by atoms with Gasteiger partial charge in [-0.05, 0) is 43.0 Å². The molecule has 0 bridgehead atoms. The molecule has 2 aromatic rings. The number of thioether (sulfide) groups is 1. The maximum absolute atomic E-state index is 5.88. The van der Waals surface area contributed by atoms with E-state index in [9.17, 15) is 0 Å². The van der Waals surface area contributed by atoms with E-state index in [0.29, 0.717) is 6.54 Å². The molecule has 3 heteroatoms. The van der Waals surface area contributed by atoms with Crippen molar-refractivity contribution in [1.29, 1.82) is 0 Å². The van der Waals surface area contributed by atoms with Crippen molar-refractivity contribution in [3.63, 3.8) is 0 Å². The molecule has 0 aliphatic heterocycles. The molecule has 18 heavy (non-hydrogen) atoms.